The second-order valence-corrected chi connectivity index (χ2v) is 5.47. The monoisotopic (exact) mass is 216 g/mol. The molecule has 3 nitrogen and oxygen atoms in total. The van der Waals surface area contributed by atoms with Crippen molar-refractivity contribution in [2.75, 3.05) is 12.9 Å². The highest BCUT2D eigenvalue weighted by Crippen LogP contribution is 2.58. The number of ether oxygens (including phenoxy) is 1. The molecule has 1 saturated carbocycles. The molecular weight excluding hydrogens is 200 g/mol. The standard InChI is InChI=1S/C10H16O3S/c1-13-9(12)8(11)10(4-5-10)7-3-2-6-14-7/h7-8,11H,2-6H2,1H3. The summed E-state index contributed by atoms with van der Waals surface area (Å²) in [6.45, 7) is 0. The Balaban J connectivity index is 2.04. The normalized spacial score (nSPS) is 31.1. The number of methoxy groups -OCH3 is 1. The molecule has 1 aliphatic heterocycles. The van der Waals surface area contributed by atoms with Gasteiger partial charge >= 0.3 is 5.97 Å². The van der Waals surface area contributed by atoms with Crippen LogP contribution in [0.4, 0.5) is 0 Å². The summed E-state index contributed by atoms with van der Waals surface area (Å²) in [6.07, 6.45) is 3.40. The van der Waals surface area contributed by atoms with E-state index in [-0.39, 0.29) is 5.41 Å². The Kier molecular flexibility index (Phi) is 2.75. The fourth-order valence-corrected chi connectivity index (χ4v) is 3.94. The van der Waals surface area contributed by atoms with Gasteiger partial charge in [0.1, 0.15) is 0 Å². The lowest BCUT2D eigenvalue weighted by Gasteiger charge is -2.25. The molecule has 0 bridgehead atoms. The van der Waals surface area contributed by atoms with Crippen molar-refractivity contribution in [2.45, 2.75) is 37.0 Å². The highest BCUT2D eigenvalue weighted by atomic mass is 32.2. The van der Waals surface area contributed by atoms with Crippen molar-refractivity contribution in [3.05, 3.63) is 0 Å². The highest BCUT2D eigenvalue weighted by Gasteiger charge is 2.58. The molecule has 4 heteroatoms. The molecule has 2 rings (SSSR count). The van der Waals surface area contributed by atoms with Crippen LogP contribution in [0.5, 0.6) is 0 Å². The van der Waals surface area contributed by atoms with Gasteiger partial charge in [0.25, 0.3) is 0 Å². The lowest BCUT2D eigenvalue weighted by Crippen LogP contribution is -2.37. The number of esters is 1. The van der Waals surface area contributed by atoms with Crippen LogP contribution in [0.2, 0.25) is 0 Å². The van der Waals surface area contributed by atoms with Crippen LogP contribution in [0.3, 0.4) is 0 Å². The van der Waals surface area contributed by atoms with Crippen LogP contribution in [0.1, 0.15) is 25.7 Å². The predicted molar refractivity (Wildman–Crippen MR) is 55.2 cm³/mol. The van der Waals surface area contributed by atoms with E-state index in [1.807, 2.05) is 11.8 Å². The lowest BCUT2D eigenvalue weighted by atomic mass is 9.92. The third-order valence-corrected chi connectivity index (χ3v) is 5.00. The Morgan fingerprint density at radius 2 is 2.36 bits per heavy atom. The third kappa shape index (κ3) is 1.54. The van der Waals surface area contributed by atoms with Gasteiger partial charge in [0.2, 0.25) is 0 Å². The summed E-state index contributed by atoms with van der Waals surface area (Å²) in [5.41, 5.74) is -0.145. The summed E-state index contributed by atoms with van der Waals surface area (Å²) in [4.78, 5) is 11.3. The number of carbonyl (C=O) groups is 1. The summed E-state index contributed by atoms with van der Waals surface area (Å²) in [7, 11) is 1.34. The van der Waals surface area contributed by atoms with E-state index in [0.717, 1.165) is 19.3 Å². The summed E-state index contributed by atoms with van der Waals surface area (Å²) in [6, 6.07) is 0. The zero-order valence-corrected chi connectivity index (χ0v) is 9.18. The maximum atomic E-state index is 11.3. The molecule has 1 saturated heterocycles. The molecule has 2 unspecified atom stereocenters. The van der Waals surface area contributed by atoms with Crippen molar-refractivity contribution in [3.63, 3.8) is 0 Å². The number of rotatable bonds is 3. The van der Waals surface area contributed by atoms with Gasteiger partial charge in [0.05, 0.1) is 7.11 Å². The van der Waals surface area contributed by atoms with Crippen molar-refractivity contribution in [1.29, 1.82) is 0 Å². The molecule has 1 N–H and O–H groups in total. The fraction of sp³-hybridized carbons (Fsp3) is 0.900. The molecular formula is C10H16O3S. The van der Waals surface area contributed by atoms with E-state index in [1.54, 1.807) is 0 Å². The van der Waals surface area contributed by atoms with E-state index in [4.69, 9.17) is 0 Å². The fourth-order valence-electron chi connectivity index (χ4n) is 2.29. The van der Waals surface area contributed by atoms with Gasteiger partial charge in [0, 0.05) is 10.7 Å². The van der Waals surface area contributed by atoms with Crippen LogP contribution >= 0.6 is 11.8 Å². The molecule has 2 fully saturated rings. The molecule has 1 aliphatic carbocycles. The Hall–Kier alpha value is -0.220. The highest BCUT2D eigenvalue weighted by molar-refractivity contribution is 8.00. The predicted octanol–water partition coefficient (Wildman–Crippen LogP) is 1.20. The first-order valence-electron chi connectivity index (χ1n) is 5.08. The molecule has 2 atom stereocenters. The van der Waals surface area contributed by atoms with Gasteiger partial charge in [-0.05, 0) is 31.4 Å². The van der Waals surface area contributed by atoms with Gasteiger partial charge in [-0.2, -0.15) is 11.8 Å². The van der Waals surface area contributed by atoms with E-state index in [0.29, 0.717) is 5.25 Å². The Morgan fingerprint density at radius 3 is 2.79 bits per heavy atom. The van der Waals surface area contributed by atoms with E-state index < -0.39 is 12.1 Å². The summed E-state index contributed by atoms with van der Waals surface area (Å²) in [5, 5.41) is 10.3. The molecule has 14 heavy (non-hydrogen) atoms. The molecule has 0 radical (unpaired) electrons. The summed E-state index contributed by atoms with van der Waals surface area (Å²) < 4.78 is 4.60. The molecule has 0 amide bonds. The maximum absolute atomic E-state index is 11.3. The average molecular weight is 216 g/mol. The number of carbonyl (C=O) groups excluding carboxylic acids is 1. The summed E-state index contributed by atoms with van der Waals surface area (Å²) >= 11 is 1.90. The van der Waals surface area contributed by atoms with Crippen LogP contribution < -0.4 is 0 Å². The Labute approximate surface area is 88.2 Å². The van der Waals surface area contributed by atoms with Gasteiger partial charge in [-0.25, -0.2) is 4.79 Å². The van der Waals surface area contributed by atoms with Crippen molar-refractivity contribution >= 4 is 17.7 Å². The number of hydrogen-bond donors (Lipinski definition) is 1. The van der Waals surface area contributed by atoms with E-state index >= 15 is 0 Å². The SMILES string of the molecule is COC(=O)C(O)C1(C2CCCS2)CC1. The smallest absolute Gasteiger partial charge is 0.335 e. The minimum atomic E-state index is -0.900. The molecule has 2 aliphatic rings. The van der Waals surface area contributed by atoms with E-state index in [2.05, 4.69) is 4.74 Å². The molecule has 0 aromatic heterocycles. The number of hydrogen-bond acceptors (Lipinski definition) is 4. The number of aliphatic hydroxyl groups excluding tert-OH is 1. The zero-order chi connectivity index (χ0) is 10.2. The average Bonchev–Trinajstić information content (AvgIpc) is 2.84. The molecule has 1 heterocycles. The topological polar surface area (TPSA) is 46.5 Å². The molecule has 0 aromatic carbocycles. The summed E-state index contributed by atoms with van der Waals surface area (Å²) in [5.74, 6) is 0.704. The Bertz CT molecular complexity index is 232. The van der Waals surface area contributed by atoms with Crippen molar-refractivity contribution < 1.29 is 14.6 Å². The number of aliphatic hydroxyl groups is 1. The van der Waals surface area contributed by atoms with Crippen LogP contribution in [-0.4, -0.2) is 35.3 Å². The minimum absolute atomic E-state index is 0.145. The largest absolute Gasteiger partial charge is 0.467 e. The van der Waals surface area contributed by atoms with Gasteiger partial charge < -0.3 is 9.84 Å². The van der Waals surface area contributed by atoms with Gasteiger partial charge in [0.15, 0.2) is 6.10 Å². The van der Waals surface area contributed by atoms with Gasteiger partial charge in [-0.15, -0.1) is 0 Å². The first-order chi connectivity index (χ1) is 6.70. The van der Waals surface area contributed by atoms with Crippen molar-refractivity contribution in [3.8, 4) is 0 Å². The van der Waals surface area contributed by atoms with E-state index in [1.165, 1.54) is 19.3 Å². The van der Waals surface area contributed by atoms with Crippen LogP contribution in [-0.2, 0) is 9.53 Å². The van der Waals surface area contributed by atoms with Gasteiger partial charge in [-0.3, -0.25) is 0 Å². The molecule has 0 aromatic rings. The molecule has 80 valence electrons. The first-order valence-corrected chi connectivity index (χ1v) is 6.13. The first kappa shape index (κ1) is 10.3. The van der Waals surface area contributed by atoms with E-state index in [9.17, 15) is 9.90 Å². The Morgan fingerprint density at radius 1 is 1.64 bits per heavy atom. The van der Waals surface area contributed by atoms with Crippen LogP contribution in [0.25, 0.3) is 0 Å². The third-order valence-electron chi connectivity index (χ3n) is 3.37. The lowest BCUT2D eigenvalue weighted by molar-refractivity contribution is -0.154. The number of thioether (sulfide) groups is 1. The minimum Gasteiger partial charge on any atom is -0.467 e. The quantitative estimate of drug-likeness (QED) is 0.720. The second kappa shape index (κ2) is 3.74. The van der Waals surface area contributed by atoms with Crippen LogP contribution in [0.15, 0.2) is 0 Å². The van der Waals surface area contributed by atoms with Crippen molar-refractivity contribution in [2.24, 2.45) is 5.41 Å². The molecule has 0 spiro atoms. The van der Waals surface area contributed by atoms with Crippen LogP contribution in [0, 0.1) is 5.41 Å². The van der Waals surface area contributed by atoms with Gasteiger partial charge in [-0.1, -0.05) is 0 Å². The second-order valence-electron chi connectivity index (χ2n) is 4.16. The van der Waals surface area contributed by atoms with Crippen molar-refractivity contribution in [1.82, 2.24) is 0 Å². The zero-order valence-electron chi connectivity index (χ0n) is 8.36. The maximum Gasteiger partial charge on any atom is 0.335 e.